The lowest BCUT2D eigenvalue weighted by molar-refractivity contribution is -0.118. The molecule has 2 aromatic carbocycles. The van der Waals surface area contributed by atoms with E-state index in [2.05, 4.69) is 5.32 Å². The Morgan fingerprint density at radius 2 is 1.84 bits per heavy atom. The molecule has 0 saturated carbocycles. The van der Waals surface area contributed by atoms with Crippen molar-refractivity contribution in [3.05, 3.63) is 51.5 Å². The summed E-state index contributed by atoms with van der Waals surface area (Å²) in [6.45, 7) is 3.21. The number of primary sulfonamides is 1. The highest BCUT2D eigenvalue weighted by Gasteiger charge is 2.14. The third-order valence-electron chi connectivity index (χ3n) is 3.50. The van der Waals surface area contributed by atoms with Crippen LogP contribution in [0.25, 0.3) is 0 Å². The summed E-state index contributed by atoms with van der Waals surface area (Å²) in [5, 5.41) is 8.46. The van der Waals surface area contributed by atoms with Gasteiger partial charge in [-0.15, -0.1) is 0 Å². The second-order valence-corrected chi connectivity index (χ2v) is 7.75. The van der Waals surface area contributed by atoms with E-state index in [0.717, 1.165) is 5.56 Å². The lowest BCUT2D eigenvalue weighted by Gasteiger charge is -2.13. The first-order valence-electron chi connectivity index (χ1n) is 7.09. The molecule has 9 heteroatoms. The zero-order valence-electron chi connectivity index (χ0n) is 13.5. The van der Waals surface area contributed by atoms with Gasteiger partial charge in [-0.2, -0.15) is 0 Å². The Morgan fingerprint density at radius 1 is 1.16 bits per heavy atom. The van der Waals surface area contributed by atoms with Crippen molar-refractivity contribution in [2.24, 2.45) is 5.14 Å². The van der Waals surface area contributed by atoms with E-state index in [1.54, 1.807) is 26.0 Å². The predicted octanol–water partition coefficient (Wildman–Crippen LogP) is 3.28. The number of sulfonamides is 1. The Hall–Kier alpha value is -1.80. The fourth-order valence-corrected chi connectivity index (χ4v) is 2.93. The second-order valence-electron chi connectivity index (χ2n) is 5.37. The zero-order valence-corrected chi connectivity index (χ0v) is 15.8. The Bertz CT molecular complexity index is 930. The van der Waals surface area contributed by atoms with Crippen molar-refractivity contribution in [2.75, 3.05) is 11.9 Å². The van der Waals surface area contributed by atoms with E-state index in [1.165, 1.54) is 18.2 Å². The van der Waals surface area contributed by atoms with Crippen molar-refractivity contribution in [2.45, 2.75) is 18.7 Å². The number of ether oxygens (including phenoxy) is 1. The van der Waals surface area contributed by atoms with Gasteiger partial charge < -0.3 is 10.1 Å². The predicted molar refractivity (Wildman–Crippen MR) is 97.9 cm³/mol. The van der Waals surface area contributed by atoms with E-state index in [-0.39, 0.29) is 11.5 Å². The van der Waals surface area contributed by atoms with Crippen molar-refractivity contribution in [3.8, 4) is 5.75 Å². The molecule has 134 valence electrons. The molecule has 25 heavy (non-hydrogen) atoms. The summed E-state index contributed by atoms with van der Waals surface area (Å²) in [7, 11) is -3.87. The molecule has 0 unspecified atom stereocenters. The molecule has 0 saturated heterocycles. The largest absolute Gasteiger partial charge is 0.484 e. The van der Waals surface area contributed by atoms with E-state index in [9.17, 15) is 13.2 Å². The molecule has 0 heterocycles. The molecule has 3 N–H and O–H groups in total. The molecule has 0 atom stereocenters. The van der Waals surface area contributed by atoms with Crippen molar-refractivity contribution in [1.82, 2.24) is 0 Å². The second kappa shape index (κ2) is 7.61. The van der Waals surface area contributed by atoms with Gasteiger partial charge in [0.25, 0.3) is 5.91 Å². The molecule has 0 aliphatic rings. The first kappa shape index (κ1) is 19.5. The Morgan fingerprint density at radius 3 is 2.44 bits per heavy atom. The summed E-state index contributed by atoms with van der Waals surface area (Å²) in [5.41, 5.74) is 1.77. The molecule has 2 rings (SSSR count). The number of carbonyl (C=O) groups is 1. The summed E-state index contributed by atoms with van der Waals surface area (Å²) in [6.07, 6.45) is 0. The molecule has 0 fully saturated rings. The number of hydrogen-bond acceptors (Lipinski definition) is 4. The highest BCUT2D eigenvalue weighted by molar-refractivity contribution is 7.89. The van der Waals surface area contributed by atoms with Crippen LogP contribution in [-0.4, -0.2) is 20.9 Å². The minimum absolute atomic E-state index is 0.0729. The van der Waals surface area contributed by atoms with E-state index in [0.29, 0.717) is 27.0 Å². The minimum Gasteiger partial charge on any atom is -0.484 e. The van der Waals surface area contributed by atoms with Crippen LogP contribution in [0.5, 0.6) is 5.75 Å². The van der Waals surface area contributed by atoms with Crippen LogP contribution >= 0.6 is 23.2 Å². The lowest BCUT2D eigenvalue weighted by Crippen LogP contribution is -2.21. The lowest BCUT2D eigenvalue weighted by atomic mass is 10.1. The maximum absolute atomic E-state index is 12.1. The zero-order chi connectivity index (χ0) is 18.8. The van der Waals surface area contributed by atoms with Crippen LogP contribution in [0.15, 0.2) is 35.2 Å². The Balaban J connectivity index is 2.12. The molecule has 1 amide bonds. The molecule has 0 aliphatic heterocycles. The van der Waals surface area contributed by atoms with Crippen LogP contribution in [0.4, 0.5) is 5.69 Å². The van der Waals surface area contributed by atoms with Gasteiger partial charge in [-0.05, 0) is 49.2 Å². The first-order chi connectivity index (χ1) is 11.6. The molecule has 0 aromatic heterocycles. The Kier molecular flexibility index (Phi) is 5.95. The molecular formula is C16H16Cl2N2O4S. The van der Waals surface area contributed by atoms with Gasteiger partial charge in [0.15, 0.2) is 6.61 Å². The fourth-order valence-electron chi connectivity index (χ4n) is 2.02. The quantitative estimate of drug-likeness (QED) is 0.801. The number of halogens is 2. The number of anilines is 1. The number of carbonyl (C=O) groups excluding carboxylic acids is 1. The molecule has 0 radical (unpaired) electrons. The van der Waals surface area contributed by atoms with E-state index in [1.807, 2.05) is 0 Å². The highest BCUT2D eigenvalue weighted by atomic mass is 35.5. The van der Waals surface area contributed by atoms with E-state index >= 15 is 0 Å². The number of nitrogens with two attached hydrogens (primary N) is 1. The van der Waals surface area contributed by atoms with Gasteiger partial charge in [-0.25, -0.2) is 13.6 Å². The van der Waals surface area contributed by atoms with Gasteiger partial charge in [0, 0.05) is 11.8 Å². The highest BCUT2D eigenvalue weighted by Crippen LogP contribution is 2.26. The van der Waals surface area contributed by atoms with Gasteiger partial charge >= 0.3 is 0 Å². The Labute approximate surface area is 155 Å². The number of amides is 1. The van der Waals surface area contributed by atoms with E-state index in [4.69, 9.17) is 33.1 Å². The molecule has 6 nitrogen and oxygen atoms in total. The van der Waals surface area contributed by atoms with Crippen LogP contribution in [-0.2, 0) is 14.8 Å². The van der Waals surface area contributed by atoms with Crippen LogP contribution < -0.4 is 15.2 Å². The van der Waals surface area contributed by atoms with Gasteiger partial charge in [0.1, 0.15) is 5.75 Å². The van der Waals surface area contributed by atoms with Crippen LogP contribution in [0, 0.1) is 13.8 Å². The maximum Gasteiger partial charge on any atom is 0.262 e. The number of nitrogens with one attached hydrogen (secondary N) is 1. The standard InChI is InChI=1S/C16H16Cl2N2O4S/c1-9-5-12(25(19,22)23)7-15(10(9)2)20-16(21)8-24-11-3-4-13(17)14(18)6-11/h3-7H,8H2,1-2H3,(H,20,21)(H2,19,22,23). The van der Waals surface area contributed by atoms with Gasteiger partial charge in [-0.3, -0.25) is 4.79 Å². The minimum atomic E-state index is -3.87. The normalized spacial score (nSPS) is 11.2. The van der Waals surface area contributed by atoms with E-state index < -0.39 is 15.9 Å². The number of hydrogen-bond donors (Lipinski definition) is 2. The summed E-state index contributed by atoms with van der Waals surface area (Å²) in [6, 6.07) is 7.40. The molecular weight excluding hydrogens is 387 g/mol. The molecule has 2 aromatic rings. The van der Waals surface area contributed by atoms with Crippen molar-refractivity contribution >= 4 is 44.8 Å². The smallest absolute Gasteiger partial charge is 0.262 e. The van der Waals surface area contributed by atoms with Gasteiger partial charge in [0.2, 0.25) is 10.0 Å². The van der Waals surface area contributed by atoms with Gasteiger partial charge in [0.05, 0.1) is 14.9 Å². The topological polar surface area (TPSA) is 98.5 Å². The number of aryl methyl sites for hydroxylation is 1. The molecule has 0 bridgehead atoms. The number of rotatable bonds is 5. The fraction of sp³-hybridized carbons (Fsp3) is 0.188. The average molecular weight is 403 g/mol. The summed E-state index contributed by atoms with van der Waals surface area (Å²) in [5.74, 6) is -0.0733. The molecule has 0 aliphatic carbocycles. The SMILES string of the molecule is Cc1cc(S(N)(=O)=O)cc(NC(=O)COc2ccc(Cl)c(Cl)c2)c1C. The van der Waals surface area contributed by atoms with Crippen LogP contribution in [0.1, 0.15) is 11.1 Å². The summed E-state index contributed by atoms with van der Waals surface area (Å²) >= 11 is 11.7. The first-order valence-corrected chi connectivity index (χ1v) is 9.40. The molecule has 0 spiro atoms. The summed E-state index contributed by atoms with van der Waals surface area (Å²) < 4.78 is 28.4. The van der Waals surface area contributed by atoms with Crippen LogP contribution in [0.2, 0.25) is 10.0 Å². The van der Waals surface area contributed by atoms with Crippen molar-refractivity contribution in [3.63, 3.8) is 0 Å². The van der Waals surface area contributed by atoms with Crippen LogP contribution in [0.3, 0.4) is 0 Å². The van der Waals surface area contributed by atoms with Gasteiger partial charge in [-0.1, -0.05) is 23.2 Å². The number of benzene rings is 2. The third kappa shape index (κ3) is 5.09. The third-order valence-corrected chi connectivity index (χ3v) is 5.14. The summed E-state index contributed by atoms with van der Waals surface area (Å²) in [4.78, 5) is 12.0. The maximum atomic E-state index is 12.1. The van der Waals surface area contributed by atoms with Crippen molar-refractivity contribution < 1.29 is 17.9 Å². The van der Waals surface area contributed by atoms with Crippen molar-refractivity contribution in [1.29, 1.82) is 0 Å². The average Bonchev–Trinajstić information content (AvgIpc) is 2.51. The monoisotopic (exact) mass is 402 g/mol.